The first kappa shape index (κ1) is 11.8. The Bertz CT molecular complexity index is 321. The summed E-state index contributed by atoms with van der Waals surface area (Å²) in [5.74, 6) is 0. The van der Waals surface area contributed by atoms with Crippen LogP contribution in [0.5, 0.6) is 0 Å². The molecule has 80 valence electrons. The van der Waals surface area contributed by atoms with E-state index < -0.39 is 18.6 Å². The standard InChI is InChI=1S/C8H9ClF3NS/c1-4-3-14-7(6(4)9)5(13)2-8(10,11)12/h3,5H,2,13H2,1H3/t5-/m0/s1. The number of thiophene rings is 1. The lowest BCUT2D eigenvalue weighted by Crippen LogP contribution is -2.19. The molecule has 1 atom stereocenters. The van der Waals surface area contributed by atoms with E-state index in [-0.39, 0.29) is 0 Å². The van der Waals surface area contributed by atoms with E-state index in [2.05, 4.69) is 0 Å². The van der Waals surface area contributed by atoms with E-state index in [0.717, 1.165) is 5.56 Å². The van der Waals surface area contributed by atoms with Gasteiger partial charge in [-0.15, -0.1) is 11.3 Å². The second-order valence-corrected chi connectivity index (χ2v) is 4.31. The molecule has 0 amide bonds. The largest absolute Gasteiger partial charge is 0.390 e. The van der Waals surface area contributed by atoms with Gasteiger partial charge in [0.15, 0.2) is 0 Å². The molecule has 1 aromatic heterocycles. The van der Waals surface area contributed by atoms with Gasteiger partial charge in [0, 0.05) is 10.9 Å². The fourth-order valence-electron chi connectivity index (χ4n) is 1.04. The van der Waals surface area contributed by atoms with E-state index in [9.17, 15) is 13.2 Å². The topological polar surface area (TPSA) is 26.0 Å². The lowest BCUT2D eigenvalue weighted by Gasteiger charge is -2.12. The van der Waals surface area contributed by atoms with Crippen molar-refractivity contribution in [3.63, 3.8) is 0 Å². The van der Waals surface area contributed by atoms with Crippen molar-refractivity contribution in [2.24, 2.45) is 5.73 Å². The molecule has 1 heterocycles. The molecular weight excluding hydrogens is 235 g/mol. The highest BCUT2D eigenvalue weighted by molar-refractivity contribution is 7.10. The van der Waals surface area contributed by atoms with E-state index in [1.165, 1.54) is 11.3 Å². The number of halogens is 4. The number of aryl methyl sites for hydroxylation is 1. The van der Waals surface area contributed by atoms with Crippen molar-refractivity contribution in [3.05, 3.63) is 20.8 Å². The summed E-state index contributed by atoms with van der Waals surface area (Å²) in [6.07, 6.45) is -5.28. The van der Waals surface area contributed by atoms with Crippen molar-refractivity contribution in [3.8, 4) is 0 Å². The Morgan fingerprint density at radius 2 is 2.14 bits per heavy atom. The van der Waals surface area contributed by atoms with Crippen molar-refractivity contribution in [2.45, 2.75) is 25.6 Å². The minimum atomic E-state index is -4.25. The van der Waals surface area contributed by atoms with Gasteiger partial charge in [0.2, 0.25) is 0 Å². The van der Waals surface area contributed by atoms with Gasteiger partial charge in [0.25, 0.3) is 0 Å². The maximum atomic E-state index is 12.0. The predicted molar refractivity (Wildman–Crippen MR) is 51.7 cm³/mol. The summed E-state index contributed by atoms with van der Waals surface area (Å²) < 4.78 is 36.0. The molecule has 14 heavy (non-hydrogen) atoms. The van der Waals surface area contributed by atoms with Crippen LogP contribution in [0, 0.1) is 6.92 Å². The lowest BCUT2D eigenvalue weighted by atomic mass is 10.1. The van der Waals surface area contributed by atoms with Gasteiger partial charge >= 0.3 is 6.18 Å². The molecule has 0 saturated heterocycles. The Labute approximate surface area is 88.7 Å². The second-order valence-electron chi connectivity index (χ2n) is 3.02. The number of hydrogen-bond acceptors (Lipinski definition) is 2. The van der Waals surface area contributed by atoms with Crippen molar-refractivity contribution < 1.29 is 13.2 Å². The van der Waals surface area contributed by atoms with E-state index >= 15 is 0 Å². The SMILES string of the molecule is Cc1csc([C@@H](N)CC(F)(F)F)c1Cl. The van der Waals surface area contributed by atoms with Gasteiger partial charge in [-0.1, -0.05) is 11.6 Å². The van der Waals surface area contributed by atoms with Gasteiger partial charge in [-0.3, -0.25) is 0 Å². The maximum absolute atomic E-state index is 12.0. The lowest BCUT2D eigenvalue weighted by molar-refractivity contribution is -0.138. The van der Waals surface area contributed by atoms with Crippen LogP contribution in [0.1, 0.15) is 22.9 Å². The summed E-state index contributed by atoms with van der Waals surface area (Å²) in [6, 6.07) is -1.05. The predicted octanol–water partition coefficient (Wildman–Crippen LogP) is 3.66. The Morgan fingerprint density at radius 3 is 2.50 bits per heavy atom. The molecule has 1 rings (SSSR count). The molecule has 0 aliphatic heterocycles. The second kappa shape index (κ2) is 4.08. The zero-order valence-electron chi connectivity index (χ0n) is 7.36. The van der Waals surface area contributed by atoms with Crippen molar-refractivity contribution >= 4 is 22.9 Å². The van der Waals surface area contributed by atoms with Crippen molar-refractivity contribution in [1.29, 1.82) is 0 Å². The third-order valence-corrected chi connectivity index (χ3v) is 3.56. The summed E-state index contributed by atoms with van der Waals surface area (Å²) in [7, 11) is 0. The first-order valence-corrected chi connectivity index (χ1v) is 5.13. The van der Waals surface area contributed by atoms with E-state index in [1.807, 2.05) is 0 Å². The third kappa shape index (κ3) is 2.87. The Morgan fingerprint density at radius 1 is 1.57 bits per heavy atom. The minimum absolute atomic E-state index is 0.353. The van der Waals surface area contributed by atoms with E-state index in [1.54, 1.807) is 12.3 Å². The number of nitrogens with two attached hydrogens (primary N) is 1. The first-order chi connectivity index (χ1) is 6.31. The number of hydrogen-bond donors (Lipinski definition) is 1. The van der Waals surface area contributed by atoms with Crippen LogP contribution in [-0.2, 0) is 0 Å². The summed E-state index contributed by atoms with van der Waals surface area (Å²) >= 11 is 6.96. The summed E-state index contributed by atoms with van der Waals surface area (Å²) in [5.41, 5.74) is 6.17. The smallest absolute Gasteiger partial charge is 0.323 e. The van der Waals surface area contributed by atoms with Crippen LogP contribution in [-0.4, -0.2) is 6.18 Å². The molecule has 0 unspecified atom stereocenters. The van der Waals surface area contributed by atoms with Gasteiger partial charge in [-0.2, -0.15) is 13.2 Å². The molecule has 0 saturated carbocycles. The summed E-state index contributed by atoms with van der Waals surface area (Å²) in [5, 5.41) is 2.06. The van der Waals surface area contributed by atoms with Gasteiger partial charge < -0.3 is 5.73 Å². The Balaban J connectivity index is 2.80. The maximum Gasteiger partial charge on any atom is 0.390 e. The van der Waals surface area contributed by atoms with Crippen LogP contribution >= 0.6 is 22.9 Å². The quantitative estimate of drug-likeness (QED) is 0.843. The van der Waals surface area contributed by atoms with Crippen LogP contribution in [0.2, 0.25) is 5.02 Å². The monoisotopic (exact) mass is 243 g/mol. The summed E-state index contributed by atoms with van der Waals surface area (Å²) in [6.45, 7) is 1.74. The van der Waals surface area contributed by atoms with Gasteiger partial charge in [0.05, 0.1) is 11.4 Å². The van der Waals surface area contributed by atoms with E-state index in [0.29, 0.717) is 9.90 Å². The number of rotatable bonds is 2. The first-order valence-electron chi connectivity index (χ1n) is 3.87. The van der Waals surface area contributed by atoms with Gasteiger partial charge in [-0.05, 0) is 17.9 Å². The highest BCUT2D eigenvalue weighted by atomic mass is 35.5. The van der Waals surface area contributed by atoms with Crippen LogP contribution in [0.3, 0.4) is 0 Å². The average Bonchev–Trinajstić information content (AvgIpc) is 2.29. The minimum Gasteiger partial charge on any atom is -0.323 e. The van der Waals surface area contributed by atoms with Crippen LogP contribution < -0.4 is 5.73 Å². The molecule has 2 N–H and O–H groups in total. The molecule has 0 radical (unpaired) electrons. The Kier molecular flexibility index (Phi) is 3.44. The molecule has 6 heteroatoms. The molecule has 0 aliphatic carbocycles. The fraction of sp³-hybridized carbons (Fsp3) is 0.500. The van der Waals surface area contributed by atoms with Gasteiger partial charge in [0.1, 0.15) is 0 Å². The molecule has 0 bridgehead atoms. The molecule has 0 spiro atoms. The zero-order chi connectivity index (χ0) is 10.9. The third-order valence-electron chi connectivity index (χ3n) is 1.71. The molecule has 0 aliphatic rings. The molecule has 1 aromatic rings. The van der Waals surface area contributed by atoms with Crippen molar-refractivity contribution in [2.75, 3.05) is 0 Å². The van der Waals surface area contributed by atoms with Crippen LogP contribution in [0.25, 0.3) is 0 Å². The average molecular weight is 244 g/mol. The summed E-state index contributed by atoms with van der Waals surface area (Å²) in [4.78, 5) is 0.404. The fourth-order valence-corrected chi connectivity index (χ4v) is 2.38. The highest BCUT2D eigenvalue weighted by Gasteiger charge is 2.32. The van der Waals surface area contributed by atoms with Crippen molar-refractivity contribution in [1.82, 2.24) is 0 Å². The molecular formula is C8H9ClF3NS. The normalized spacial score (nSPS) is 14.4. The van der Waals surface area contributed by atoms with Gasteiger partial charge in [-0.25, -0.2) is 0 Å². The number of alkyl halides is 3. The Hall–Kier alpha value is -0.260. The van der Waals surface area contributed by atoms with E-state index in [4.69, 9.17) is 17.3 Å². The zero-order valence-corrected chi connectivity index (χ0v) is 8.93. The molecule has 1 nitrogen and oxygen atoms in total. The van der Waals surface area contributed by atoms with Crippen LogP contribution in [0.15, 0.2) is 5.38 Å². The molecule has 0 fully saturated rings. The van der Waals surface area contributed by atoms with Crippen LogP contribution in [0.4, 0.5) is 13.2 Å². The highest BCUT2D eigenvalue weighted by Crippen LogP contribution is 2.36. The molecule has 0 aromatic carbocycles.